The van der Waals surface area contributed by atoms with Gasteiger partial charge in [0.05, 0.1) is 0 Å². The van der Waals surface area contributed by atoms with Crippen molar-refractivity contribution in [1.82, 2.24) is 13.9 Å². The van der Waals surface area contributed by atoms with E-state index in [4.69, 9.17) is 0 Å². The molecule has 1 N–H and O–H groups in total. The van der Waals surface area contributed by atoms with Crippen LogP contribution in [0.4, 0.5) is 0 Å². The average Bonchev–Trinajstić information content (AvgIpc) is 2.47. The molecule has 0 spiro atoms. The first-order valence-electron chi connectivity index (χ1n) is 6.93. The summed E-state index contributed by atoms with van der Waals surface area (Å²) in [6.07, 6.45) is 0. The summed E-state index contributed by atoms with van der Waals surface area (Å²) in [5.74, 6) is 0. The van der Waals surface area contributed by atoms with Crippen LogP contribution in [-0.2, 0) is 20.0 Å². The number of piperazine rings is 1. The van der Waals surface area contributed by atoms with E-state index in [1.807, 2.05) is 0 Å². The van der Waals surface area contributed by atoms with Crippen LogP contribution in [-0.4, -0.2) is 65.2 Å². The van der Waals surface area contributed by atoms with Gasteiger partial charge in [0.2, 0.25) is 20.0 Å². The van der Waals surface area contributed by atoms with Crippen LogP contribution in [0.2, 0.25) is 0 Å². The molecule has 1 aliphatic rings. The molecule has 0 saturated carbocycles. The normalized spacial score (nSPS) is 20.3. The molecule has 1 aliphatic heterocycles. The SMILES string of the molecule is CC1CNCCN1S(=O)(=O)c1ccccc1S(=O)(=O)N(C)C.Cl. The third kappa shape index (κ3) is 3.86. The van der Waals surface area contributed by atoms with Crippen molar-refractivity contribution < 1.29 is 16.8 Å². The van der Waals surface area contributed by atoms with Crippen LogP contribution >= 0.6 is 12.4 Å². The third-order valence-corrected chi connectivity index (χ3v) is 7.71. The van der Waals surface area contributed by atoms with E-state index in [0.29, 0.717) is 19.6 Å². The Morgan fingerprint density at radius 3 is 2.22 bits per heavy atom. The molecule has 0 bridgehead atoms. The van der Waals surface area contributed by atoms with Gasteiger partial charge in [-0.2, -0.15) is 4.31 Å². The van der Waals surface area contributed by atoms with Gasteiger partial charge >= 0.3 is 0 Å². The zero-order valence-electron chi connectivity index (χ0n) is 13.3. The van der Waals surface area contributed by atoms with Crippen molar-refractivity contribution >= 4 is 32.5 Å². The van der Waals surface area contributed by atoms with E-state index < -0.39 is 20.0 Å². The lowest BCUT2D eigenvalue weighted by atomic mass is 10.3. The second kappa shape index (κ2) is 7.45. The summed E-state index contributed by atoms with van der Waals surface area (Å²) in [5.41, 5.74) is 0. The highest BCUT2D eigenvalue weighted by Gasteiger charge is 2.35. The number of hydrogen-bond donors (Lipinski definition) is 1. The average molecular weight is 384 g/mol. The molecule has 1 unspecified atom stereocenters. The molecule has 0 radical (unpaired) electrons. The maximum atomic E-state index is 12.9. The molecule has 1 fully saturated rings. The topological polar surface area (TPSA) is 86.8 Å². The number of benzene rings is 1. The smallest absolute Gasteiger partial charge is 0.244 e. The van der Waals surface area contributed by atoms with Crippen LogP contribution in [0, 0.1) is 0 Å². The predicted octanol–water partition coefficient (Wildman–Crippen LogP) is 0.341. The van der Waals surface area contributed by atoms with Crippen LogP contribution in [0.15, 0.2) is 34.1 Å². The minimum atomic E-state index is -3.87. The highest BCUT2D eigenvalue weighted by molar-refractivity contribution is 7.92. The Hall–Kier alpha value is -0.710. The molecule has 1 aromatic carbocycles. The van der Waals surface area contributed by atoms with E-state index in [9.17, 15) is 16.8 Å². The maximum absolute atomic E-state index is 12.9. The number of nitrogens with zero attached hydrogens (tertiary/aromatic N) is 2. The molecule has 1 aromatic rings. The Bertz CT molecular complexity index is 750. The molecule has 132 valence electrons. The monoisotopic (exact) mass is 383 g/mol. The van der Waals surface area contributed by atoms with Crippen molar-refractivity contribution in [2.75, 3.05) is 33.7 Å². The van der Waals surface area contributed by atoms with Crippen LogP contribution in [0.3, 0.4) is 0 Å². The van der Waals surface area contributed by atoms with E-state index in [1.54, 1.807) is 6.92 Å². The fraction of sp³-hybridized carbons (Fsp3) is 0.538. The van der Waals surface area contributed by atoms with E-state index >= 15 is 0 Å². The quantitative estimate of drug-likeness (QED) is 0.810. The second-order valence-electron chi connectivity index (χ2n) is 5.40. The minimum absolute atomic E-state index is 0. The second-order valence-corrected chi connectivity index (χ2v) is 9.38. The molecule has 1 saturated heterocycles. The van der Waals surface area contributed by atoms with Gasteiger partial charge in [-0.15, -0.1) is 12.4 Å². The Labute approximate surface area is 144 Å². The molecule has 0 aliphatic carbocycles. The summed E-state index contributed by atoms with van der Waals surface area (Å²) in [6.45, 7) is 3.21. The highest BCUT2D eigenvalue weighted by Crippen LogP contribution is 2.27. The zero-order valence-corrected chi connectivity index (χ0v) is 15.7. The van der Waals surface area contributed by atoms with Gasteiger partial charge in [-0.05, 0) is 19.1 Å². The van der Waals surface area contributed by atoms with Crippen LogP contribution in [0.1, 0.15) is 6.92 Å². The van der Waals surface area contributed by atoms with Gasteiger partial charge in [0.15, 0.2) is 0 Å². The summed E-state index contributed by atoms with van der Waals surface area (Å²) in [7, 11) is -4.94. The number of nitrogens with one attached hydrogen (secondary N) is 1. The fourth-order valence-corrected chi connectivity index (χ4v) is 5.68. The molecule has 1 heterocycles. The van der Waals surface area contributed by atoms with E-state index in [1.165, 1.54) is 42.7 Å². The molecule has 10 heteroatoms. The summed E-state index contributed by atoms with van der Waals surface area (Å²) >= 11 is 0. The molecule has 1 atom stereocenters. The van der Waals surface area contributed by atoms with Crippen molar-refractivity contribution in [1.29, 1.82) is 0 Å². The minimum Gasteiger partial charge on any atom is -0.314 e. The lowest BCUT2D eigenvalue weighted by Gasteiger charge is -2.33. The first-order valence-corrected chi connectivity index (χ1v) is 9.81. The summed E-state index contributed by atoms with van der Waals surface area (Å²) in [4.78, 5) is -0.358. The van der Waals surface area contributed by atoms with Gasteiger partial charge in [-0.1, -0.05) is 12.1 Å². The lowest BCUT2D eigenvalue weighted by molar-refractivity contribution is 0.283. The Morgan fingerprint density at radius 1 is 1.13 bits per heavy atom. The van der Waals surface area contributed by atoms with Crippen LogP contribution < -0.4 is 5.32 Å². The van der Waals surface area contributed by atoms with E-state index in [2.05, 4.69) is 5.32 Å². The van der Waals surface area contributed by atoms with Gasteiger partial charge < -0.3 is 5.32 Å². The zero-order chi connectivity index (χ0) is 16.5. The van der Waals surface area contributed by atoms with Gasteiger partial charge in [0.1, 0.15) is 9.79 Å². The summed E-state index contributed by atoms with van der Waals surface area (Å²) in [5, 5.41) is 3.12. The Kier molecular flexibility index (Phi) is 6.59. The van der Waals surface area contributed by atoms with Gasteiger partial charge in [0.25, 0.3) is 0 Å². The third-order valence-electron chi connectivity index (χ3n) is 3.63. The maximum Gasteiger partial charge on any atom is 0.244 e. The van der Waals surface area contributed by atoms with Crippen molar-refractivity contribution in [2.45, 2.75) is 22.8 Å². The molecule has 2 rings (SSSR count). The van der Waals surface area contributed by atoms with Gasteiger partial charge in [0, 0.05) is 39.8 Å². The largest absolute Gasteiger partial charge is 0.314 e. The van der Waals surface area contributed by atoms with Crippen molar-refractivity contribution in [2.24, 2.45) is 0 Å². The molecule has 7 nitrogen and oxygen atoms in total. The number of hydrogen-bond acceptors (Lipinski definition) is 5. The van der Waals surface area contributed by atoms with Crippen molar-refractivity contribution in [3.05, 3.63) is 24.3 Å². The molecule has 0 aromatic heterocycles. The van der Waals surface area contributed by atoms with Crippen LogP contribution in [0.25, 0.3) is 0 Å². The molecule has 0 amide bonds. The lowest BCUT2D eigenvalue weighted by Crippen LogP contribution is -2.52. The molecular formula is C13H22ClN3O4S2. The number of halogens is 1. The number of rotatable bonds is 4. The molecule has 23 heavy (non-hydrogen) atoms. The van der Waals surface area contributed by atoms with Crippen LogP contribution in [0.5, 0.6) is 0 Å². The van der Waals surface area contributed by atoms with Gasteiger partial charge in [-0.3, -0.25) is 0 Å². The highest BCUT2D eigenvalue weighted by atomic mass is 35.5. The summed E-state index contributed by atoms with van der Waals surface area (Å²) < 4.78 is 53.0. The first-order chi connectivity index (χ1) is 10.2. The number of sulfonamides is 2. The van der Waals surface area contributed by atoms with E-state index in [0.717, 1.165) is 4.31 Å². The first kappa shape index (κ1) is 20.3. The summed E-state index contributed by atoms with van der Waals surface area (Å²) in [6, 6.07) is 5.51. The van der Waals surface area contributed by atoms with Crippen molar-refractivity contribution in [3.63, 3.8) is 0 Å². The predicted molar refractivity (Wildman–Crippen MR) is 90.8 cm³/mol. The molecular weight excluding hydrogens is 362 g/mol. The van der Waals surface area contributed by atoms with Gasteiger partial charge in [-0.25, -0.2) is 21.1 Å². The van der Waals surface area contributed by atoms with Crippen molar-refractivity contribution in [3.8, 4) is 0 Å². The van der Waals surface area contributed by atoms with E-state index in [-0.39, 0.29) is 28.2 Å². The Morgan fingerprint density at radius 2 is 1.70 bits per heavy atom. The fourth-order valence-electron chi connectivity index (χ4n) is 2.38. The Balaban J connectivity index is 0.00000264. The standard InChI is InChI=1S/C13H21N3O4S2.ClH/c1-11-10-14-8-9-16(11)22(19,20)13-7-5-4-6-12(13)21(17,18)15(2)3;/h4-7,11,14H,8-10H2,1-3H3;1H.